The van der Waals surface area contributed by atoms with E-state index in [4.69, 9.17) is 0 Å². The smallest absolute Gasteiger partial charge is 0.406 e. The van der Waals surface area contributed by atoms with Gasteiger partial charge in [0.15, 0.2) is 11.0 Å². The van der Waals surface area contributed by atoms with Gasteiger partial charge in [-0.15, -0.1) is 18.3 Å². The number of carbonyl (C=O) groups excluding carboxylic acids is 2. The molecule has 1 aromatic heterocycles. The number of benzene rings is 3. The van der Waals surface area contributed by atoms with Crippen LogP contribution in [0.25, 0.3) is 23.2 Å². The molecule has 1 N–H and O–H groups in total. The number of nitrogens with zero attached hydrogens (tertiary/aromatic N) is 5. The van der Waals surface area contributed by atoms with Gasteiger partial charge in [0.1, 0.15) is 12.1 Å². The molecule has 2 heterocycles. The Morgan fingerprint density at radius 2 is 1.85 bits per heavy atom. The summed E-state index contributed by atoms with van der Waals surface area (Å²) in [6.45, 7) is 6.24. The van der Waals surface area contributed by atoms with Crippen LogP contribution in [-0.2, 0) is 4.79 Å². The number of amides is 3. The van der Waals surface area contributed by atoms with Crippen molar-refractivity contribution in [2.75, 3.05) is 17.2 Å². The molecule has 3 aromatic carbocycles. The maximum atomic E-state index is 12.8. The summed E-state index contributed by atoms with van der Waals surface area (Å²) in [4.78, 5) is 35.6. The van der Waals surface area contributed by atoms with Gasteiger partial charge in [-0.25, -0.2) is 14.5 Å². The molecule has 14 heteroatoms. The number of hydrogen-bond donors (Lipinski definition) is 1. The highest BCUT2D eigenvalue weighted by Gasteiger charge is 2.33. The molecule has 0 aliphatic carbocycles. The fourth-order valence-electron chi connectivity index (χ4n) is 4.58. The van der Waals surface area contributed by atoms with Crippen molar-refractivity contribution in [1.82, 2.24) is 20.1 Å². The molecule has 0 atom stereocenters. The number of aliphatic imine (C=N–C) groups is 1. The summed E-state index contributed by atoms with van der Waals surface area (Å²) in [5.41, 5.74) is 4.86. The van der Waals surface area contributed by atoms with Crippen LogP contribution >= 0.6 is 27.7 Å². The number of carbonyl (C=O) groups is 2. The molecule has 1 saturated heterocycles. The van der Waals surface area contributed by atoms with Crippen LogP contribution in [0.3, 0.4) is 0 Å². The van der Waals surface area contributed by atoms with E-state index in [0.717, 1.165) is 27.9 Å². The van der Waals surface area contributed by atoms with Gasteiger partial charge in [-0.1, -0.05) is 77.9 Å². The van der Waals surface area contributed by atoms with Crippen LogP contribution in [-0.4, -0.2) is 50.5 Å². The number of aromatic nitrogens is 3. The van der Waals surface area contributed by atoms with Crippen molar-refractivity contribution in [3.05, 3.63) is 94.2 Å². The van der Waals surface area contributed by atoms with Crippen molar-refractivity contribution in [3.8, 4) is 22.8 Å². The normalized spacial score (nSPS) is 14.8. The highest BCUT2D eigenvalue weighted by Crippen LogP contribution is 2.34. The van der Waals surface area contributed by atoms with Gasteiger partial charge in [-0.2, -0.15) is 4.99 Å². The Balaban J connectivity index is 1.20. The molecule has 1 aliphatic rings. The number of urea groups is 1. The predicted molar refractivity (Wildman–Crippen MR) is 176 cm³/mol. The Labute approximate surface area is 275 Å². The summed E-state index contributed by atoms with van der Waals surface area (Å²) in [7, 11) is 0. The van der Waals surface area contributed by atoms with Crippen LogP contribution in [0.1, 0.15) is 36.5 Å². The lowest BCUT2D eigenvalue weighted by atomic mass is 9.99. The molecule has 9 nitrogen and oxygen atoms in total. The standard InChI is InChI=1S/C32H28BrF3N6O3S/c1-19(2)26-13-4-20(3)14-27(26)42-28(43)17-46-31(42)39-30(44)37-16-23(33)15-21-5-7-22(8-6-21)29-38-18-41(40-29)24-9-11-25(12-10-24)45-32(34,35)36/h4-15,18-19H,16-17H2,1-3H3,(H,37,44)/b23-15+,39-31-. The van der Waals surface area contributed by atoms with Crippen molar-refractivity contribution in [2.45, 2.75) is 33.1 Å². The van der Waals surface area contributed by atoms with Crippen LogP contribution in [0, 0.1) is 6.92 Å². The molecule has 1 aliphatic heterocycles. The fraction of sp³-hybridized carbons (Fsp3) is 0.219. The van der Waals surface area contributed by atoms with E-state index < -0.39 is 12.4 Å². The number of aryl methyl sites for hydroxylation is 1. The van der Waals surface area contributed by atoms with E-state index in [9.17, 15) is 22.8 Å². The first-order valence-electron chi connectivity index (χ1n) is 14.0. The van der Waals surface area contributed by atoms with Crippen molar-refractivity contribution >= 4 is 56.6 Å². The second-order valence-electron chi connectivity index (χ2n) is 10.6. The first-order chi connectivity index (χ1) is 21.9. The van der Waals surface area contributed by atoms with E-state index in [-0.39, 0.29) is 29.9 Å². The number of nitrogens with one attached hydrogen (secondary N) is 1. The summed E-state index contributed by atoms with van der Waals surface area (Å²) in [5.74, 6) is 0.377. The molecule has 0 spiro atoms. The minimum atomic E-state index is -4.76. The zero-order valence-electron chi connectivity index (χ0n) is 24.9. The van der Waals surface area contributed by atoms with E-state index in [1.807, 2.05) is 55.5 Å². The summed E-state index contributed by atoms with van der Waals surface area (Å²) in [5, 5.41) is 7.51. The lowest BCUT2D eigenvalue weighted by molar-refractivity contribution is -0.274. The summed E-state index contributed by atoms with van der Waals surface area (Å²) in [6, 6.07) is 18.1. The molecule has 238 valence electrons. The number of amidine groups is 1. The van der Waals surface area contributed by atoms with E-state index in [1.165, 1.54) is 51.9 Å². The van der Waals surface area contributed by atoms with Gasteiger partial charge in [0.05, 0.1) is 23.7 Å². The van der Waals surface area contributed by atoms with E-state index in [1.54, 1.807) is 0 Å². The average Bonchev–Trinajstić information content (AvgIpc) is 3.63. The maximum Gasteiger partial charge on any atom is 0.573 e. The maximum absolute atomic E-state index is 12.8. The van der Waals surface area contributed by atoms with Crippen LogP contribution in [0.4, 0.5) is 23.7 Å². The zero-order chi connectivity index (χ0) is 33.0. The SMILES string of the molecule is Cc1ccc(C(C)C)c(N2C(=O)CS/C2=N\C(=O)NC/C(Br)=C\c2ccc(-c3ncn(-c4ccc(OC(F)(F)F)cc4)n3)cc2)c1. The molecule has 0 unspecified atom stereocenters. The fourth-order valence-corrected chi connectivity index (χ4v) is 5.85. The third-order valence-electron chi connectivity index (χ3n) is 6.74. The van der Waals surface area contributed by atoms with Crippen molar-refractivity contribution in [3.63, 3.8) is 0 Å². The molecule has 46 heavy (non-hydrogen) atoms. The van der Waals surface area contributed by atoms with Crippen LogP contribution in [0.5, 0.6) is 5.75 Å². The van der Waals surface area contributed by atoms with E-state index in [0.29, 0.717) is 21.2 Å². The number of alkyl halides is 3. The molecule has 1 fully saturated rings. The monoisotopic (exact) mass is 712 g/mol. The second kappa shape index (κ2) is 13.9. The average molecular weight is 714 g/mol. The molecule has 4 aromatic rings. The molecule has 5 rings (SSSR count). The number of thioether (sulfide) groups is 1. The van der Waals surface area contributed by atoms with Crippen LogP contribution in [0.15, 0.2) is 82.5 Å². The van der Waals surface area contributed by atoms with Gasteiger partial charge < -0.3 is 10.1 Å². The number of ether oxygens (including phenoxy) is 1. The number of halogens is 4. The van der Waals surface area contributed by atoms with Crippen LogP contribution in [0.2, 0.25) is 0 Å². The summed E-state index contributed by atoms with van der Waals surface area (Å²) < 4.78 is 43.3. The number of rotatable bonds is 8. The van der Waals surface area contributed by atoms with Gasteiger partial charge in [0.25, 0.3) is 0 Å². The zero-order valence-corrected chi connectivity index (χ0v) is 27.3. The first-order valence-corrected chi connectivity index (χ1v) is 15.8. The lowest BCUT2D eigenvalue weighted by Crippen LogP contribution is -2.32. The van der Waals surface area contributed by atoms with E-state index in [2.05, 4.69) is 54.9 Å². The van der Waals surface area contributed by atoms with Gasteiger partial charge in [-0.05, 0) is 65.9 Å². The van der Waals surface area contributed by atoms with Gasteiger partial charge in [0.2, 0.25) is 5.91 Å². The molecule has 0 saturated carbocycles. The Bertz CT molecular complexity index is 1810. The highest BCUT2D eigenvalue weighted by atomic mass is 79.9. The van der Waals surface area contributed by atoms with Crippen molar-refractivity contribution in [2.24, 2.45) is 4.99 Å². The molecule has 0 bridgehead atoms. The largest absolute Gasteiger partial charge is 0.573 e. The quantitative estimate of drug-likeness (QED) is 0.200. The Morgan fingerprint density at radius 1 is 1.13 bits per heavy atom. The van der Waals surface area contributed by atoms with Gasteiger partial charge >= 0.3 is 12.4 Å². The highest BCUT2D eigenvalue weighted by molar-refractivity contribution is 9.11. The van der Waals surface area contributed by atoms with E-state index >= 15 is 0 Å². The second-order valence-corrected chi connectivity index (χ2v) is 12.5. The first kappa shape index (κ1) is 32.9. The number of anilines is 1. The third kappa shape index (κ3) is 8.23. The minimum absolute atomic E-state index is 0.121. The number of hydrogen-bond acceptors (Lipinski definition) is 6. The minimum Gasteiger partial charge on any atom is -0.406 e. The molecular weight excluding hydrogens is 685 g/mol. The van der Waals surface area contributed by atoms with Gasteiger partial charge in [0, 0.05) is 10.0 Å². The summed E-state index contributed by atoms with van der Waals surface area (Å²) >= 11 is 4.72. The topological polar surface area (TPSA) is 102 Å². The molecule has 0 radical (unpaired) electrons. The van der Waals surface area contributed by atoms with Gasteiger partial charge in [-0.3, -0.25) is 9.69 Å². The Kier molecular flexibility index (Phi) is 9.97. The predicted octanol–water partition coefficient (Wildman–Crippen LogP) is 7.85. The Morgan fingerprint density at radius 3 is 2.52 bits per heavy atom. The van der Waals surface area contributed by atoms with Crippen molar-refractivity contribution in [1.29, 1.82) is 0 Å². The van der Waals surface area contributed by atoms with Crippen molar-refractivity contribution < 1.29 is 27.5 Å². The Hall–Kier alpha value is -4.43. The van der Waals surface area contributed by atoms with Crippen LogP contribution < -0.4 is 15.0 Å². The third-order valence-corrected chi connectivity index (χ3v) is 8.17. The molecular formula is C32H28BrF3N6O3S. The lowest BCUT2D eigenvalue weighted by Gasteiger charge is -2.22. The summed E-state index contributed by atoms with van der Waals surface area (Å²) in [6.07, 6.45) is -1.45. The molecule has 3 amide bonds.